The number of nitrogens with one attached hydrogen (secondary N) is 1. The molecular formula is C14H16BrN3O. The van der Waals surface area contributed by atoms with E-state index < -0.39 is 0 Å². The fourth-order valence-corrected chi connectivity index (χ4v) is 2.70. The summed E-state index contributed by atoms with van der Waals surface area (Å²) in [5, 5.41) is 11.9. The van der Waals surface area contributed by atoms with Crippen molar-refractivity contribution in [3.8, 4) is 6.07 Å². The minimum absolute atomic E-state index is 0.00859. The monoisotopic (exact) mass is 321 g/mol. The van der Waals surface area contributed by atoms with Gasteiger partial charge in [0.15, 0.2) is 0 Å². The Kier molecular flexibility index (Phi) is 4.56. The van der Waals surface area contributed by atoms with Gasteiger partial charge in [0.05, 0.1) is 11.3 Å². The fraction of sp³-hybridized carbons (Fsp3) is 0.429. The smallest absolute Gasteiger partial charge is 0.227 e. The molecule has 0 heterocycles. The molecule has 1 aromatic carbocycles. The van der Waals surface area contributed by atoms with Gasteiger partial charge in [0.2, 0.25) is 5.91 Å². The Bertz CT molecular complexity index is 516. The maximum Gasteiger partial charge on any atom is 0.227 e. The molecule has 0 radical (unpaired) electrons. The number of anilines is 1. The van der Waals surface area contributed by atoms with E-state index in [-0.39, 0.29) is 17.9 Å². The second-order valence-electron chi connectivity index (χ2n) is 4.90. The fourth-order valence-electron chi connectivity index (χ4n) is 2.33. The molecule has 1 saturated carbocycles. The van der Waals surface area contributed by atoms with Crippen LogP contribution in [0, 0.1) is 17.2 Å². The summed E-state index contributed by atoms with van der Waals surface area (Å²) < 4.78 is 0.825. The Morgan fingerprint density at radius 1 is 1.37 bits per heavy atom. The van der Waals surface area contributed by atoms with Crippen LogP contribution in [0.3, 0.4) is 0 Å². The molecular weight excluding hydrogens is 306 g/mol. The van der Waals surface area contributed by atoms with Crippen LogP contribution in [-0.4, -0.2) is 11.9 Å². The first-order valence-corrected chi connectivity index (χ1v) is 7.15. The van der Waals surface area contributed by atoms with E-state index >= 15 is 0 Å². The van der Waals surface area contributed by atoms with E-state index in [2.05, 4.69) is 27.3 Å². The lowest BCUT2D eigenvalue weighted by Gasteiger charge is -2.25. The van der Waals surface area contributed by atoms with Crippen molar-refractivity contribution in [2.75, 3.05) is 5.32 Å². The van der Waals surface area contributed by atoms with Crippen LogP contribution in [0.4, 0.5) is 5.69 Å². The minimum atomic E-state index is -0.00859. The lowest BCUT2D eigenvalue weighted by molar-refractivity contribution is -0.120. The van der Waals surface area contributed by atoms with E-state index in [0.717, 1.165) is 30.2 Å². The molecule has 4 nitrogen and oxygen atoms in total. The molecule has 5 heteroatoms. The molecule has 0 aromatic heterocycles. The van der Waals surface area contributed by atoms with Crippen molar-refractivity contribution in [2.45, 2.75) is 31.7 Å². The molecule has 0 unspecified atom stereocenters. The average molecular weight is 322 g/mol. The molecule has 100 valence electrons. The van der Waals surface area contributed by atoms with Gasteiger partial charge in [-0.05, 0) is 43.9 Å². The first kappa shape index (κ1) is 14.0. The van der Waals surface area contributed by atoms with Crippen molar-refractivity contribution in [2.24, 2.45) is 11.7 Å². The summed E-state index contributed by atoms with van der Waals surface area (Å²) in [7, 11) is 0. The largest absolute Gasteiger partial charge is 0.328 e. The summed E-state index contributed by atoms with van der Waals surface area (Å²) in [5.41, 5.74) is 6.87. The number of carbonyl (C=O) groups excluding carboxylic acids is 1. The van der Waals surface area contributed by atoms with Gasteiger partial charge in [-0.25, -0.2) is 0 Å². The lowest BCUT2D eigenvalue weighted by Crippen LogP contribution is -2.32. The third kappa shape index (κ3) is 3.55. The van der Waals surface area contributed by atoms with E-state index in [0.29, 0.717) is 11.3 Å². The van der Waals surface area contributed by atoms with Crippen molar-refractivity contribution >= 4 is 27.5 Å². The third-order valence-electron chi connectivity index (χ3n) is 3.50. The first-order chi connectivity index (χ1) is 9.10. The van der Waals surface area contributed by atoms with Gasteiger partial charge >= 0.3 is 0 Å². The summed E-state index contributed by atoms with van der Waals surface area (Å²) >= 11 is 3.31. The molecule has 1 aliphatic rings. The lowest BCUT2D eigenvalue weighted by atomic mass is 9.86. The van der Waals surface area contributed by atoms with Gasteiger partial charge in [-0.2, -0.15) is 5.26 Å². The molecule has 0 saturated heterocycles. The second kappa shape index (κ2) is 6.18. The zero-order chi connectivity index (χ0) is 13.8. The van der Waals surface area contributed by atoms with Crippen LogP contribution in [0.5, 0.6) is 0 Å². The number of carbonyl (C=O) groups is 1. The van der Waals surface area contributed by atoms with Crippen molar-refractivity contribution < 1.29 is 4.79 Å². The summed E-state index contributed by atoms with van der Waals surface area (Å²) in [6.07, 6.45) is 3.43. The number of nitrogens with zero attached hydrogens (tertiary/aromatic N) is 1. The summed E-state index contributed by atoms with van der Waals surface area (Å²) in [6.45, 7) is 0. The molecule has 3 N–H and O–H groups in total. The Hall–Kier alpha value is -1.38. The molecule has 1 aliphatic carbocycles. The molecule has 19 heavy (non-hydrogen) atoms. The zero-order valence-electron chi connectivity index (χ0n) is 10.5. The number of halogens is 1. The highest BCUT2D eigenvalue weighted by atomic mass is 79.9. The zero-order valence-corrected chi connectivity index (χ0v) is 12.1. The van der Waals surface area contributed by atoms with Crippen LogP contribution in [-0.2, 0) is 4.79 Å². The predicted molar refractivity (Wildman–Crippen MR) is 77.4 cm³/mol. The van der Waals surface area contributed by atoms with Gasteiger partial charge in [-0.3, -0.25) is 4.79 Å². The van der Waals surface area contributed by atoms with Crippen LogP contribution < -0.4 is 11.1 Å². The number of hydrogen-bond acceptors (Lipinski definition) is 3. The van der Waals surface area contributed by atoms with Crippen LogP contribution in [0.2, 0.25) is 0 Å². The molecule has 0 aliphatic heterocycles. The predicted octanol–water partition coefficient (Wildman–Crippen LogP) is 2.78. The van der Waals surface area contributed by atoms with Crippen LogP contribution in [0.15, 0.2) is 22.7 Å². The number of rotatable bonds is 2. The maximum absolute atomic E-state index is 12.2. The summed E-state index contributed by atoms with van der Waals surface area (Å²) in [4.78, 5) is 12.2. The molecule has 0 bridgehead atoms. The van der Waals surface area contributed by atoms with E-state index in [1.54, 1.807) is 12.1 Å². The van der Waals surface area contributed by atoms with Crippen molar-refractivity contribution in [1.82, 2.24) is 0 Å². The average Bonchev–Trinajstić information content (AvgIpc) is 2.41. The SMILES string of the molecule is N#Cc1cc(Br)ccc1NC(=O)C1CCC(N)CC1. The molecule has 2 rings (SSSR count). The standard InChI is InChI=1S/C14H16BrN3O/c15-11-3-6-13(10(7-11)8-16)18-14(19)9-1-4-12(17)5-2-9/h3,6-7,9,12H,1-2,4-5,17H2,(H,18,19). The highest BCUT2D eigenvalue weighted by molar-refractivity contribution is 9.10. The molecule has 1 fully saturated rings. The van der Waals surface area contributed by atoms with Gasteiger partial charge in [-0.1, -0.05) is 15.9 Å². The third-order valence-corrected chi connectivity index (χ3v) is 4.00. The van der Waals surface area contributed by atoms with Crippen molar-refractivity contribution in [3.63, 3.8) is 0 Å². The van der Waals surface area contributed by atoms with Gasteiger partial charge in [-0.15, -0.1) is 0 Å². The van der Waals surface area contributed by atoms with E-state index in [9.17, 15) is 4.79 Å². The van der Waals surface area contributed by atoms with Crippen molar-refractivity contribution in [1.29, 1.82) is 5.26 Å². The van der Waals surface area contributed by atoms with Gasteiger partial charge in [0, 0.05) is 16.4 Å². The van der Waals surface area contributed by atoms with E-state index in [1.165, 1.54) is 0 Å². The number of nitriles is 1. The molecule has 0 spiro atoms. The maximum atomic E-state index is 12.2. The summed E-state index contributed by atoms with van der Waals surface area (Å²) in [6, 6.07) is 7.57. The number of hydrogen-bond donors (Lipinski definition) is 2. The topological polar surface area (TPSA) is 78.9 Å². The Labute approximate surface area is 121 Å². The molecule has 0 atom stereocenters. The van der Waals surface area contributed by atoms with E-state index in [1.807, 2.05) is 6.07 Å². The minimum Gasteiger partial charge on any atom is -0.328 e. The van der Waals surface area contributed by atoms with Gasteiger partial charge in [0.25, 0.3) is 0 Å². The molecule has 1 aromatic rings. The number of nitrogens with two attached hydrogens (primary N) is 1. The highest BCUT2D eigenvalue weighted by Gasteiger charge is 2.24. The van der Waals surface area contributed by atoms with Crippen molar-refractivity contribution in [3.05, 3.63) is 28.2 Å². The van der Waals surface area contributed by atoms with Gasteiger partial charge in [0.1, 0.15) is 6.07 Å². The number of amides is 1. The first-order valence-electron chi connectivity index (χ1n) is 6.36. The number of benzene rings is 1. The molecule has 1 amide bonds. The van der Waals surface area contributed by atoms with Crippen LogP contribution in [0.1, 0.15) is 31.2 Å². The normalized spacial score (nSPS) is 22.6. The summed E-state index contributed by atoms with van der Waals surface area (Å²) in [5.74, 6) is 0.000659. The van der Waals surface area contributed by atoms with Gasteiger partial charge < -0.3 is 11.1 Å². The Balaban J connectivity index is 2.05. The van der Waals surface area contributed by atoms with E-state index in [4.69, 9.17) is 11.0 Å². The Morgan fingerprint density at radius 2 is 2.05 bits per heavy atom. The quantitative estimate of drug-likeness (QED) is 0.879. The van der Waals surface area contributed by atoms with Crippen LogP contribution >= 0.6 is 15.9 Å². The van der Waals surface area contributed by atoms with Crippen LogP contribution in [0.25, 0.3) is 0 Å². The Morgan fingerprint density at radius 3 is 2.68 bits per heavy atom. The second-order valence-corrected chi connectivity index (χ2v) is 5.82. The highest BCUT2D eigenvalue weighted by Crippen LogP contribution is 2.26.